The fourth-order valence-corrected chi connectivity index (χ4v) is 2.75. The second kappa shape index (κ2) is 7.16. The van der Waals surface area contributed by atoms with Crippen molar-refractivity contribution in [3.8, 4) is 0 Å². The van der Waals surface area contributed by atoms with Crippen molar-refractivity contribution in [3.05, 3.63) is 35.6 Å². The Hall–Kier alpha value is -0.970. The van der Waals surface area contributed by atoms with E-state index in [1.807, 2.05) is 6.07 Å². The maximum atomic E-state index is 13.5. The Kier molecular flexibility index (Phi) is 5.52. The number of benzene rings is 1. The molecule has 0 aromatic heterocycles. The molecule has 20 heavy (non-hydrogen) atoms. The molecule has 1 fully saturated rings. The van der Waals surface area contributed by atoms with E-state index in [0.29, 0.717) is 12.6 Å². The summed E-state index contributed by atoms with van der Waals surface area (Å²) >= 11 is 0. The van der Waals surface area contributed by atoms with Gasteiger partial charge in [0.05, 0.1) is 12.6 Å². The minimum atomic E-state index is -0.196. The lowest BCUT2D eigenvalue weighted by Crippen LogP contribution is -2.43. The molecule has 0 bridgehead atoms. The summed E-state index contributed by atoms with van der Waals surface area (Å²) in [5.41, 5.74) is 7.31. The highest BCUT2D eigenvalue weighted by Crippen LogP contribution is 2.36. The van der Waals surface area contributed by atoms with Gasteiger partial charge in [-0.15, -0.1) is 0 Å². The number of nitrogens with two attached hydrogens (primary N) is 1. The third-order valence-electron chi connectivity index (χ3n) is 3.99. The van der Waals surface area contributed by atoms with E-state index in [2.05, 4.69) is 11.8 Å². The second-order valence-electron chi connectivity index (χ2n) is 5.53. The highest BCUT2D eigenvalue weighted by atomic mass is 19.1. The summed E-state index contributed by atoms with van der Waals surface area (Å²) in [6.45, 7) is 3.60. The fraction of sp³-hybridized carbons (Fsp3) is 0.625. The summed E-state index contributed by atoms with van der Waals surface area (Å²) in [4.78, 5) is 2.40. The first kappa shape index (κ1) is 15.4. The van der Waals surface area contributed by atoms with Gasteiger partial charge < -0.3 is 10.5 Å². The highest BCUT2D eigenvalue weighted by molar-refractivity contribution is 5.22. The maximum Gasteiger partial charge on any atom is 0.123 e. The third kappa shape index (κ3) is 3.78. The SMILES string of the molecule is CCC(N)C(c1cccc(F)c1)N(CCOC)C1CC1. The van der Waals surface area contributed by atoms with Gasteiger partial charge in [-0.05, 0) is 37.0 Å². The topological polar surface area (TPSA) is 38.5 Å². The van der Waals surface area contributed by atoms with Crippen LogP contribution in [0.4, 0.5) is 4.39 Å². The summed E-state index contributed by atoms with van der Waals surface area (Å²) < 4.78 is 18.8. The molecule has 0 heterocycles. The maximum absolute atomic E-state index is 13.5. The standard InChI is InChI=1S/C16H25FN2O/c1-3-15(18)16(12-5-4-6-13(17)11-12)19(9-10-20-2)14-7-8-14/h4-6,11,14-16H,3,7-10,18H2,1-2H3. The molecule has 112 valence electrons. The van der Waals surface area contributed by atoms with Gasteiger partial charge in [0.1, 0.15) is 5.82 Å². The molecule has 0 aliphatic heterocycles. The van der Waals surface area contributed by atoms with Crippen LogP contribution in [0.1, 0.15) is 37.8 Å². The lowest BCUT2D eigenvalue weighted by molar-refractivity contribution is 0.101. The molecular weight excluding hydrogens is 255 g/mol. The van der Waals surface area contributed by atoms with Gasteiger partial charge in [-0.25, -0.2) is 4.39 Å². The number of ether oxygens (including phenoxy) is 1. The summed E-state index contributed by atoms with van der Waals surface area (Å²) in [5.74, 6) is -0.196. The Morgan fingerprint density at radius 3 is 2.75 bits per heavy atom. The second-order valence-corrected chi connectivity index (χ2v) is 5.53. The lowest BCUT2D eigenvalue weighted by Gasteiger charge is -2.35. The van der Waals surface area contributed by atoms with Gasteiger partial charge in [-0.3, -0.25) is 4.90 Å². The minimum Gasteiger partial charge on any atom is -0.383 e. The molecule has 4 heteroatoms. The molecular formula is C16H25FN2O. The average Bonchev–Trinajstić information content (AvgIpc) is 3.27. The average molecular weight is 280 g/mol. The van der Waals surface area contributed by atoms with Crippen LogP contribution in [0.15, 0.2) is 24.3 Å². The van der Waals surface area contributed by atoms with E-state index >= 15 is 0 Å². The Morgan fingerprint density at radius 1 is 1.45 bits per heavy atom. The first-order chi connectivity index (χ1) is 9.67. The van der Waals surface area contributed by atoms with Gasteiger partial charge in [-0.2, -0.15) is 0 Å². The first-order valence-corrected chi connectivity index (χ1v) is 7.43. The number of methoxy groups -OCH3 is 1. The van der Waals surface area contributed by atoms with E-state index in [9.17, 15) is 4.39 Å². The molecule has 1 aromatic carbocycles. The van der Waals surface area contributed by atoms with Crippen LogP contribution in [0.25, 0.3) is 0 Å². The highest BCUT2D eigenvalue weighted by Gasteiger charge is 2.36. The van der Waals surface area contributed by atoms with E-state index in [4.69, 9.17) is 10.5 Å². The Bertz CT molecular complexity index is 423. The molecule has 0 spiro atoms. The summed E-state index contributed by atoms with van der Waals surface area (Å²) in [5, 5.41) is 0. The number of hydrogen-bond donors (Lipinski definition) is 1. The van der Waals surface area contributed by atoms with Crippen LogP contribution in [0, 0.1) is 5.82 Å². The van der Waals surface area contributed by atoms with Gasteiger partial charge in [0.15, 0.2) is 0 Å². The van der Waals surface area contributed by atoms with E-state index in [1.54, 1.807) is 19.2 Å². The van der Waals surface area contributed by atoms with Crippen molar-refractivity contribution in [1.29, 1.82) is 0 Å². The molecule has 3 nitrogen and oxygen atoms in total. The third-order valence-corrected chi connectivity index (χ3v) is 3.99. The van der Waals surface area contributed by atoms with Crippen LogP contribution in [0.3, 0.4) is 0 Å². The predicted octanol–water partition coefficient (Wildman–Crippen LogP) is 2.71. The predicted molar refractivity (Wildman–Crippen MR) is 79.0 cm³/mol. The summed E-state index contributed by atoms with van der Waals surface area (Å²) in [6.07, 6.45) is 3.27. The molecule has 1 saturated carbocycles. The van der Waals surface area contributed by atoms with Crippen LogP contribution in [0.5, 0.6) is 0 Å². The van der Waals surface area contributed by atoms with Gasteiger partial charge >= 0.3 is 0 Å². The summed E-state index contributed by atoms with van der Waals surface area (Å²) in [7, 11) is 1.71. The molecule has 2 N–H and O–H groups in total. The smallest absolute Gasteiger partial charge is 0.123 e. The number of nitrogens with zero attached hydrogens (tertiary/aromatic N) is 1. The Morgan fingerprint density at radius 2 is 2.20 bits per heavy atom. The van der Waals surface area contributed by atoms with Crippen molar-refractivity contribution in [2.24, 2.45) is 5.73 Å². The van der Waals surface area contributed by atoms with E-state index in [-0.39, 0.29) is 17.9 Å². The molecule has 2 atom stereocenters. The van der Waals surface area contributed by atoms with E-state index in [0.717, 1.165) is 18.5 Å². The van der Waals surface area contributed by atoms with Crippen molar-refractivity contribution < 1.29 is 9.13 Å². The minimum absolute atomic E-state index is 0.00857. The largest absolute Gasteiger partial charge is 0.383 e. The lowest BCUT2D eigenvalue weighted by atomic mass is 9.96. The Balaban J connectivity index is 2.25. The molecule has 0 amide bonds. The molecule has 0 radical (unpaired) electrons. The molecule has 2 unspecified atom stereocenters. The molecule has 1 aromatic rings. The van der Waals surface area contributed by atoms with Crippen LogP contribution >= 0.6 is 0 Å². The number of hydrogen-bond acceptors (Lipinski definition) is 3. The zero-order valence-electron chi connectivity index (χ0n) is 12.4. The quantitative estimate of drug-likeness (QED) is 0.795. The van der Waals surface area contributed by atoms with Crippen molar-refractivity contribution in [1.82, 2.24) is 4.90 Å². The molecule has 1 aliphatic rings. The molecule has 2 rings (SSSR count). The van der Waals surface area contributed by atoms with Crippen molar-refractivity contribution in [2.75, 3.05) is 20.3 Å². The zero-order valence-corrected chi connectivity index (χ0v) is 12.4. The number of rotatable bonds is 8. The normalized spacial score (nSPS) is 18.2. The van der Waals surface area contributed by atoms with Crippen LogP contribution in [-0.4, -0.2) is 37.2 Å². The van der Waals surface area contributed by atoms with E-state index < -0.39 is 0 Å². The molecule has 1 aliphatic carbocycles. The molecule has 0 saturated heterocycles. The first-order valence-electron chi connectivity index (χ1n) is 7.43. The fourth-order valence-electron chi connectivity index (χ4n) is 2.75. The van der Waals surface area contributed by atoms with Crippen molar-refractivity contribution >= 4 is 0 Å². The zero-order chi connectivity index (χ0) is 14.5. The van der Waals surface area contributed by atoms with Gasteiger partial charge in [0.2, 0.25) is 0 Å². The number of halogens is 1. The van der Waals surface area contributed by atoms with Crippen molar-refractivity contribution in [2.45, 2.75) is 44.3 Å². The monoisotopic (exact) mass is 280 g/mol. The van der Waals surface area contributed by atoms with Crippen LogP contribution < -0.4 is 5.73 Å². The Labute approximate surface area is 120 Å². The van der Waals surface area contributed by atoms with E-state index in [1.165, 1.54) is 18.9 Å². The van der Waals surface area contributed by atoms with Gasteiger partial charge in [-0.1, -0.05) is 19.1 Å². The van der Waals surface area contributed by atoms with Crippen LogP contribution in [-0.2, 0) is 4.74 Å². The van der Waals surface area contributed by atoms with Crippen molar-refractivity contribution in [3.63, 3.8) is 0 Å². The summed E-state index contributed by atoms with van der Waals surface area (Å²) in [6, 6.07) is 7.48. The van der Waals surface area contributed by atoms with Gasteiger partial charge in [0.25, 0.3) is 0 Å². The van der Waals surface area contributed by atoms with Crippen LogP contribution in [0.2, 0.25) is 0 Å². The van der Waals surface area contributed by atoms with Gasteiger partial charge in [0, 0.05) is 25.7 Å².